The van der Waals surface area contributed by atoms with Gasteiger partial charge in [-0.15, -0.1) is 0 Å². The highest BCUT2D eigenvalue weighted by atomic mass is 16.6. The van der Waals surface area contributed by atoms with Gasteiger partial charge in [0.05, 0.1) is 0 Å². The van der Waals surface area contributed by atoms with Crippen LogP contribution in [0, 0.1) is 6.92 Å². The van der Waals surface area contributed by atoms with Crippen LogP contribution in [0.25, 0.3) is 0 Å². The Morgan fingerprint density at radius 3 is 2.20 bits per heavy atom. The van der Waals surface area contributed by atoms with Gasteiger partial charge in [0.2, 0.25) is 0 Å². The Kier molecular flexibility index (Phi) is 7.98. The molecule has 0 saturated carbocycles. The van der Waals surface area contributed by atoms with Crippen molar-refractivity contribution >= 4 is 18.0 Å². The standard InChI is InChI=1S/C23H28N2O5/c1-16-10-12-18(13-11-16)20(26)24-14-19(25-22(28)30-23(2,3)4)21(27)29-15-17-8-6-5-7-9-17/h5-13,19H,14-15H2,1-4H3,(H,24,26)(H,25,28)/t19-/m0/s1. The Labute approximate surface area is 176 Å². The van der Waals surface area contributed by atoms with E-state index in [1.54, 1.807) is 32.9 Å². The fraction of sp³-hybridized carbons (Fsp3) is 0.348. The zero-order chi connectivity index (χ0) is 22.1. The number of rotatable bonds is 7. The minimum absolute atomic E-state index is 0.0537. The molecule has 0 saturated heterocycles. The Morgan fingerprint density at radius 1 is 0.967 bits per heavy atom. The SMILES string of the molecule is Cc1ccc(C(=O)NC[C@H](NC(=O)OC(C)(C)C)C(=O)OCc2ccccc2)cc1. The summed E-state index contributed by atoms with van der Waals surface area (Å²) in [7, 11) is 0. The second kappa shape index (κ2) is 10.4. The second-order valence-corrected chi connectivity index (χ2v) is 7.87. The topological polar surface area (TPSA) is 93.7 Å². The van der Waals surface area contributed by atoms with Gasteiger partial charge in [-0.05, 0) is 45.4 Å². The van der Waals surface area contributed by atoms with Crippen LogP contribution in [0.3, 0.4) is 0 Å². The lowest BCUT2D eigenvalue weighted by Crippen LogP contribution is -2.50. The van der Waals surface area contributed by atoms with Gasteiger partial charge in [0.25, 0.3) is 5.91 Å². The molecule has 1 atom stereocenters. The fourth-order valence-electron chi connectivity index (χ4n) is 2.47. The molecule has 2 N–H and O–H groups in total. The van der Waals surface area contributed by atoms with Gasteiger partial charge >= 0.3 is 12.1 Å². The Hall–Kier alpha value is -3.35. The summed E-state index contributed by atoms with van der Waals surface area (Å²) in [6.07, 6.45) is -0.770. The molecule has 0 aliphatic heterocycles. The van der Waals surface area contributed by atoms with Crippen molar-refractivity contribution in [2.75, 3.05) is 6.54 Å². The van der Waals surface area contributed by atoms with Crippen molar-refractivity contribution in [3.63, 3.8) is 0 Å². The van der Waals surface area contributed by atoms with Crippen LogP contribution in [0.2, 0.25) is 0 Å². The molecule has 2 rings (SSSR count). The lowest BCUT2D eigenvalue weighted by atomic mass is 10.1. The molecule has 160 valence electrons. The van der Waals surface area contributed by atoms with Crippen molar-refractivity contribution in [1.82, 2.24) is 10.6 Å². The van der Waals surface area contributed by atoms with Crippen LogP contribution in [0.15, 0.2) is 54.6 Å². The summed E-state index contributed by atoms with van der Waals surface area (Å²) in [6.45, 7) is 6.99. The average molecular weight is 412 g/mol. The molecule has 2 aromatic carbocycles. The number of carbonyl (C=O) groups is 3. The van der Waals surface area contributed by atoms with Gasteiger partial charge in [0.15, 0.2) is 0 Å². The van der Waals surface area contributed by atoms with E-state index in [0.29, 0.717) is 5.56 Å². The molecule has 0 aliphatic rings. The van der Waals surface area contributed by atoms with E-state index in [2.05, 4.69) is 10.6 Å². The average Bonchev–Trinajstić information content (AvgIpc) is 2.69. The van der Waals surface area contributed by atoms with E-state index < -0.39 is 23.7 Å². The first-order valence-electron chi connectivity index (χ1n) is 9.69. The molecule has 2 aromatic rings. The van der Waals surface area contributed by atoms with Gasteiger partial charge in [-0.1, -0.05) is 48.0 Å². The van der Waals surface area contributed by atoms with E-state index >= 15 is 0 Å². The van der Waals surface area contributed by atoms with E-state index in [4.69, 9.17) is 9.47 Å². The summed E-state index contributed by atoms with van der Waals surface area (Å²) in [5.74, 6) is -1.03. The normalized spacial score (nSPS) is 11.9. The molecule has 0 unspecified atom stereocenters. The Balaban J connectivity index is 2.01. The number of amides is 2. The highest BCUT2D eigenvalue weighted by molar-refractivity contribution is 5.94. The van der Waals surface area contributed by atoms with Crippen molar-refractivity contribution in [1.29, 1.82) is 0 Å². The van der Waals surface area contributed by atoms with Gasteiger partial charge in [-0.3, -0.25) is 4.79 Å². The van der Waals surface area contributed by atoms with Crippen LogP contribution in [-0.2, 0) is 20.9 Å². The van der Waals surface area contributed by atoms with E-state index in [-0.39, 0.29) is 19.1 Å². The number of hydrogen-bond donors (Lipinski definition) is 2. The van der Waals surface area contributed by atoms with Gasteiger partial charge in [0, 0.05) is 12.1 Å². The van der Waals surface area contributed by atoms with Gasteiger partial charge in [0.1, 0.15) is 18.2 Å². The molecule has 0 aliphatic carbocycles. The number of hydrogen-bond acceptors (Lipinski definition) is 5. The molecule has 7 nitrogen and oxygen atoms in total. The number of nitrogens with one attached hydrogen (secondary N) is 2. The summed E-state index contributed by atoms with van der Waals surface area (Å²) < 4.78 is 10.5. The zero-order valence-electron chi connectivity index (χ0n) is 17.7. The van der Waals surface area contributed by atoms with Crippen molar-refractivity contribution < 1.29 is 23.9 Å². The fourth-order valence-corrected chi connectivity index (χ4v) is 2.47. The minimum atomic E-state index is -1.10. The van der Waals surface area contributed by atoms with E-state index in [0.717, 1.165) is 11.1 Å². The summed E-state index contributed by atoms with van der Waals surface area (Å²) in [5.41, 5.74) is 1.56. The lowest BCUT2D eigenvalue weighted by molar-refractivity contribution is -0.147. The first-order valence-corrected chi connectivity index (χ1v) is 9.69. The van der Waals surface area contributed by atoms with Crippen molar-refractivity contribution in [3.8, 4) is 0 Å². The quantitative estimate of drug-likeness (QED) is 0.680. The smallest absolute Gasteiger partial charge is 0.408 e. The molecule has 0 spiro atoms. The van der Waals surface area contributed by atoms with Crippen LogP contribution in [0.1, 0.15) is 42.3 Å². The number of alkyl carbamates (subject to hydrolysis) is 1. The highest BCUT2D eigenvalue weighted by Gasteiger charge is 2.26. The first-order chi connectivity index (χ1) is 14.1. The lowest BCUT2D eigenvalue weighted by Gasteiger charge is -2.23. The molecule has 0 heterocycles. The van der Waals surface area contributed by atoms with Crippen molar-refractivity contribution in [2.45, 2.75) is 45.9 Å². The van der Waals surface area contributed by atoms with Crippen LogP contribution >= 0.6 is 0 Å². The van der Waals surface area contributed by atoms with Crippen molar-refractivity contribution in [3.05, 3.63) is 71.3 Å². The summed E-state index contributed by atoms with van der Waals surface area (Å²) in [6, 6.07) is 15.1. The molecule has 2 amide bonds. The summed E-state index contributed by atoms with van der Waals surface area (Å²) in [4.78, 5) is 37.1. The Bertz CT molecular complexity index is 857. The number of benzene rings is 2. The minimum Gasteiger partial charge on any atom is -0.459 e. The highest BCUT2D eigenvalue weighted by Crippen LogP contribution is 2.08. The first kappa shape index (κ1) is 22.9. The predicted molar refractivity (Wildman–Crippen MR) is 113 cm³/mol. The predicted octanol–water partition coefficient (Wildman–Crippen LogP) is 3.36. The summed E-state index contributed by atoms with van der Waals surface area (Å²) in [5, 5.41) is 5.13. The van der Waals surface area contributed by atoms with Gasteiger partial charge in [-0.2, -0.15) is 0 Å². The molecular weight excluding hydrogens is 384 g/mol. The molecular formula is C23H28N2O5. The zero-order valence-corrected chi connectivity index (χ0v) is 17.7. The largest absolute Gasteiger partial charge is 0.459 e. The monoisotopic (exact) mass is 412 g/mol. The number of esters is 1. The molecule has 0 bridgehead atoms. The van der Waals surface area contributed by atoms with Crippen LogP contribution in [-0.4, -0.2) is 36.2 Å². The molecule has 7 heteroatoms. The third-order valence-electron chi connectivity index (χ3n) is 3.98. The van der Waals surface area contributed by atoms with E-state index in [1.165, 1.54) is 0 Å². The van der Waals surface area contributed by atoms with Gasteiger partial charge < -0.3 is 20.1 Å². The number of aryl methyl sites for hydroxylation is 1. The van der Waals surface area contributed by atoms with Crippen LogP contribution < -0.4 is 10.6 Å². The second-order valence-electron chi connectivity index (χ2n) is 7.87. The molecule has 0 fully saturated rings. The van der Waals surface area contributed by atoms with Crippen molar-refractivity contribution in [2.24, 2.45) is 0 Å². The molecule has 0 radical (unpaired) electrons. The van der Waals surface area contributed by atoms with Crippen LogP contribution in [0.5, 0.6) is 0 Å². The van der Waals surface area contributed by atoms with E-state index in [9.17, 15) is 14.4 Å². The maximum Gasteiger partial charge on any atom is 0.408 e. The Morgan fingerprint density at radius 2 is 1.60 bits per heavy atom. The molecule has 0 aromatic heterocycles. The summed E-state index contributed by atoms with van der Waals surface area (Å²) >= 11 is 0. The molecule has 30 heavy (non-hydrogen) atoms. The third kappa shape index (κ3) is 7.95. The third-order valence-corrected chi connectivity index (χ3v) is 3.98. The van der Waals surface area contributed by atoms with Gasteiger partial charge in [-0.25, -0.2) is 9.59 Å². The van der Waals surface area contributed by atoms with E-state index in [1.807, 2.05) is 49.4 Å². The number of carbonyl (C=O) groups excluding carboxylic acids is 3. The maximum atomic E-state index is 12.6. The van der Waals surface area contributed by atoms with Crippen LogP contribution in [0.4, 0.5) is 4.79 Å². The maximum absolute atomic E-state index is 12.6. The number of ether oxygens (including phenoxy) is 2.